The molecular weight excluding hydrogens is 606 g/mol. The van der Waals surface area contributed by atoms with Crippen molar-refractivity contribution >= 4 is 46.2 Å². The highest BCUT2D eigenvalue weighted by molar-refractivity contribution is 6.30. The van der Waals surface area contributed by atoms with Gasteiger partial charge in [0, 0.05) is 55.8 Å². The van der Waals surface area contributed by atoms with Gasteiger partial charge >= 0.3 is 0 Å². The van der Waals surface area contributed by atoms with E-state index in [9.17, 15) is 4.79 Å². The summed E-state index contributed by atoms with van der Waals surface area (Å²) in [6.45, 7) is 12.2. The highest BCUT2D eigenvalue weighted by atomic mass is 35.5. The molecule has 2 N–H and O–H groups in total. The van der Waals surface area contributed by atoms with Crippen molar-refractivity contribution in [3.05, 3.63) is 72.0 Å². The second-order valence-electron chi connectivity index (χ2n) is 12.1. The number of carbonyl (C=O) groups excluding carboxylic acids is 1. The van der Waals surface area contributed by atoms with Gasteiger partial charge in [0.1, 0.15) is 17.9 Å². The van der Waals surface area contributed by atoms with Crippen molar-refractivity contribution in [3.63, 3.8) is 0 Å². The van der Waals surface area contributed by atoms with Gasteiger partial charge in [-0.05, 0) is 56.5 Å². The Hall–Kier alpha value is -3.90. The van der Waals surface area contributed by atoms with Crippen LogP contribution in [0, 0.1) is 0 Å². The van der Waals surface area contributed by atoms with Gasteiger partial charge in [0.25, 0.3) is 0 Å². The number of morpholine rings is 1. The molecule has 2 aromatic carbocycles. The molecule has 11 nitrogen and oxygen atoms in total. The molecule has 0 saturated carbocycles. The van der Waals surface area contributed by atoms with E-state index >= 15 is 0 Å². The van der Waals surface area contributed by atoms with Crippen molar-refractivity contribution in [1.29, 1.82) is 0 Å². The van der Waals surface area contributed by atoms with E-state index in [4.69, 9.17) is 25.9 Å². The van der Waals surface area contributed by atoms with Crippen molar-refractivity contribution in [2.75, 3.05) is 60.5 Å². The minimum absolute atomic E-state index is 0.00579. The molecule has 0 unspecified atom stereocenters. The van der Waals surface area contributed by atoms with Crippen molar-refractivity contribution in [2.24, 2.45) is 0 Å². The van der Waals surface area contributed by atoms with Crippen LogP contribution < -0.4 is 25.3 Å². The number of aromatic nitrogens is 2. The van der Waals surface area contributed by atoms with E-state index in [1.807, 2.05) is 47.5 Å². The standard InChI is InChI=1S/C34H42ClN7O4/c1-5-34(43)39-27-16-28(31(44-4)17-30(27)40-13-10-26(11-14-40)41-19-22(2)46-23(3)20-41)38-32-18-33(37-21-36-32)42-29(12-15-45-42)24-6-8-25(35)9-7-24/h5-9,16-18,21-23,26,29H,1,10-15,19-20H2,2-4H3,(H,39,43)(H,36,37,38)/t22-,23+,29-/m1/s1. The summed E-state index contributed by atoms with van der Waals surface area (Å²) in [6.07, 6.45) is 6.12. The lowest BCUT2D eigenvalue weighted by atomic mass is 10.00. The number of benzene rings is 2. The van der Waals surface area contributed by atoms with E-state index in [2.05, 4.69) is 50.8 Å². The molecule has 3 atom stereocenters. The van der Waals surface area contributed by atoms with Crippen LogP contribution in [0.1, 0.15) is 44.7 Å². The number of carbonyl (C=O) groups is 1. The summed E-state index contributed by atoms with van der Waals surface area (Å²) in [7, 11) is 1.64. The van der Waals surface area contributed by atoms with Gasteiger partial charge in [-0.25, -0.2) is 15.0 Å². The zero-order chi connectivity index (χ0) is 32.2. The summed E-state index contributed by atoms with van der Waals surface area (Å²) in [4.78, 5) is 32.4. The summed E-state index contributed by atoms with van der Waals surface area (Å²) in [5.41, 5.74) is 3.31. The van der Waals surface area contributed by atoms with Crippen molar-refractivity contribution in [3.8, 4) is 5.75 Å². The SMILES string of the molecule is C=CC(=O)Nc1cc(Nc2cc(N3OCC[C@@H]3c3ccc(Cl)cc3)ncn2)c(OC)cc1N1CCC(N2C[C@@H](C)O[C@@H](C)C2)CC1. The number of piperidine rings is 1. The average molecular weight is 648 g/mol. The minimum atomic E-state index is -0.285. The molecule has 4 heterocycles. The number of hydrogen-bond donors (Lipinski definition) is 2. The third-order valence-corrected chi connectivity index (χ3v) is 9.08. The number of hydrogen-bond acceptors (Lipinski definition) is 10. The smallest absolute Gasteiger partial charge is 0.247 e. The van der Waals surface area contributed by atoms with Crippen LogP contribution in [-0.4, -0.2) is 78.9 Å². The molecule has 0 radical (unpaired) electrons. The van der Waals surface area contributed by atoms with Crippen LogP contribution in [0.15, 0.2) is 61.4 Å². The highest BCUT2D eigenvalue weighted by Crippen LogP contribution is 2.41. The minimum Gasteiger partial charge on any atom is -0.494 e. The third-order valence-electron chi connectivity index (χ3n) is 8.83. The van der Waals surface area contributed by atoms with E-state index in [0.717, 1.165) is 56.7 Å². The predicted octanol–water partition coefficient (Wildman–Crippen LogP) is 5.97. The fraction of sp³-hybridized carbons (Fsp3) is 0.441. The molecule has 1 amide bonds. The number of nitrogens with zero attached hydrogens (tertiary/aromatic N) is 5. The van der Waals surface area contributed by atoms with E-state index in [1.54, 1.807) is 7.11 Å². The number of halogens is 1. The summed E-state index contributed by atoms with van der Waals surface area (Å²) < 4.78 is 11.8. The summed E-state index contributed by atoms with van der Waals surface area (Å²) in [5, 5.41) is 8.89. The van der Waals surface area contributed by atoms with Gasteiger partial charge < -0.3 is 25.0 Å². The molecule has 12 heteroatoms. The molecule has 6 rings (SSSR count). The number of rotatable bonds is 9. The maximum atomic E-state index is 12.6. The molecule has 1 aromatic heterocycles. The maximum absolute atomic E-state index is 12.6. The van der Waals surface area contributed by atoms with Gasteiger partial charge in [0.15, 0.2) is 5.82 Å². The summed E-state index contributed by atoms with van der Waals surface area (Å²) in [6, 6.07) is 14.0. The Labute approximate surface area is 275 Å². The molecule has 3 aliphatic rings. The van der Waals surface area contributed by atoms with Gasteiger partial charge in [-0.2, -0.15) is 0 Å². The van der Waals surface area contributed by atoms with E-state index in [1.165, 1.54) is 12.4 Å². The number of amides is 1. The molecular formula is C34H42ClN7O4. The Morgan fingerprint density at radius 2 is 1.78 bits per heavy atom. The van der Waals surface area contributed by atoms with Crippen LogP contribution in [0.2, 0.25) is 5.02 Å². The van der Waals surface area contributed by atoms with Crippen LogP contribution in [0.25, 0.3) is 0 Å². The first-order chi connectivity index (χ1) is 22.3. The van der Waals surface area contributed by atoms with Gasteiger partial charge in [-0.15, -0.1) is 0 Å². The lowest BCUT2D eigenvalue weighted by Crippen LogP contribution is -2.53. The third kappa shape index (κ3) is 7.23. The Kier molecular flexibility index (Phi) is 9.93. The Morgan fingerprint density at radius 1 is 1.04 bits per heavy atom. The lowest BCUT2D eigenvalue weighted by Gasteiger charge is -2.44. The molecule has 244 valence electrons. The van der Waals surface area contributed by atoms with Crippen LogP contribution in [0.3, 0.4) is 0 Å². The van der Waals surface area contributed by atoms with Crippen molar-refractivity contribution < 1.29 is 19.1 Å². The molecule has 0 bridgehead atoms. The number of nitrogens with one attached hydrogen (secondary N) is 2. The molecule has 3 aliphatic heterocycles. The second-order valence-corrected chi connectivity index (χ2v) is 12.5. The largest absolute Gasteiger partial charge is 0.494 e. The summed E-state index contributed by atoms with van der Waals surface area (Å²) >= 11 is 6.12. The zero-order valence-corrected chi connectivity index (χ0v) is 27.4. The Morgan fingerprint density at radius 3 is 2.48 bits per heavy atom. The molecule has 0 aliphatic carbocycles. The average Bonchev–Trinajstić information content (AvgIpc) is 3.55. The maximum Gasteiger partial charge on any atom is 0.247 e. The van der Waals surface area contributed by atoms with E-state index in [0.29, 0.717) is 46.4 Å². The second kappa shape index (κ2) is 14.3. The fourth-order valence-electron chi connectivity index (χ4n) is 6.73. The van der Waals surface area contributed by atoms with Crippen molar-refractivity contribution in [1.82, 2.24) is 14.9 Å². The fourth-order valence-corrected chi connectivity index (χ4v) is 6.85. The zero-order valence-electron chi connectivity index (χ0n) is 26.6. The molecule has 3 fully saturated rings. The van der Waals surface area contributed by atoms with Gasteiger partial charge in [0.2, 0.25) is 5.91 Å². The number of hydroxylamine groups is 1. The topological polar surface area (TPSA) is 104 Å². The normalized spacial score (nSPS) is 22.5. The quantitative estimate of drug-likeness (QED) is 0.270. The van der Waals surface area contributed by atoms with Crippen LogP contribution >= 0.6 is 11.6 Å². The van der Waals surface area contributed by atoms with Crippen molar-refractivity contribution in [2.45, 2.75) is 57.4 Å². The molecule has 3 saturated heterocycles. The van der Waals surface area contributed by atoms with E-state index in [-0.39, 0.29) is 24.2 Å². The molecule has 3 aromatic rings. The first-order valence-electron chi connectivity index (χ1n) is 15.9. The molecule has 46 heavy (non-hydrogen) atoms. The van der Waals surface area contributed by atoms with Gasteiger partial charge in [-0.1, -0.05) is 30.3 Å². The summed E-state index contributed by atoms with van der Waals surface area (Å²) in [5.74, 6) is 1.52. The predicted molar refractivity (Wildman–Crippen MR) is 181 cm³/mol. The van der Waals surface area contributed by atoms with Gasteiger partial charge in [-0.3, -0.25) is 14.5 Å². The van der Waals surface area contributed by atoms with Crippen LogP contribution in [0.5, 0.6) is 5.75 Å². The van der Waals surface area contributed by atoms with Crippen LogP contribution in [0.4, 0.5) is 28.7 Å². The van der Waals surface area contributed by atoms with Crippen LogP contribution in [-0.2, 0) is 14.4 Å². The number of methoxy groups -OCH3 is 1. The number of ether oxygens (including phenoxy) is 2. The molecule has 0 spiro atoms. The Balaban J connectivity index is 1.22. The number of anilines is 5. The highest BCUT2D eigenvalue weighted by Gasteiger charge is 2.32. The Bertz CT molecular complexity index is 1520. The van der Waals surface area contributed by atoms with E-state index < -0.39 is 0 Å². The lowest BCUT2D eigenvalue weighted by molar-refractivity contribution is -0.111. The van der Waals surface area contributed by atoms with Gasteiger partial charge in [0.05, 0.1) is 49.0 Å². The monoisotopic (exact) mass is 647 g/mol. The first-order valence-corrected chi connectivity index (χ1v) is 16.3. The first kappa shape index (κ1) is 32.1.